The monoisotopic (exact) mass is 281 g/mol. The summed E-state index contributed by atoms with van der Waals surface area (Å²) in [7, 11) is -3.09. The van der Waals surface area contributed by atoms with Crippen LogP contribution in [0.5, 0.6) is 5.75 Å². The zero-order valence-electron chi connectivity index (χ0n) is 9.18. The van der Waals surface area contributed by atoms with Crippen molar-refractivity contribution in [2.75, 3.05) is 12.5 Å². The number of nitrogens with one attached hydrogen (secondary N) is 2. The zero-order chi connectivity index (χ0) is 14.2. The minimum Gasteiger partial charge on any atom is -0.497 e. The summed E-state index contributed by atoms with van der Waals surface area (Å²) in [5.41, 5.74) is 4.82. The molecule has 0 atom stereocenters. The second-order valence-corrected chi connectivity index (χ2v) is 3.76. The van der Waals surface area contributed by atoms with Gasteiger partial charge in [0.15, 0.2) is 5.03 Å². The lowest BCUT2D eigenvalue weighted by molar-refractivity contribution is -0.538. The summed E-state index contributed by atoms with van der Waals surface area (Å²) < 4.78 is 13.8. The summed E-state index contributed by atoms with van der Waals surface area (Å²) in [6, 6.07) is 6.72. The van der Waals surface area contributed by atoms with Gasteiger partial charge in [-0.15, -0.1) is 0 Å². The summed E-state index contributed by atoms with van der Waals surface area (Å²) in [5, 5.41) is 9.23. The molecule has 102 valence electrons. The van der Waals surface area contributed by atoms with Gasteiger partial charge in [-0.3, -0.25) is 0 Å². The van der Waals surface area contributed by atoms with Crippen molar-refractivity contribution in [2.45, 2.75) is 0 Å². The number of hydrazine groups is 2. The molecule has 0 unspecified atom stereocenters. The van der Waals surface area contributed by atoms with Crippen LogP contribution >= 0.6 is 7.82 Å². The number of nitro groups is 1. The van der Waals surface area contributed by atoms with Crippen molar-refractivity contribution in [1.82, 2.24) is 5.53 Å². The summed E-state index contributed by atoms with van der Waals surface area (Å²) in [6.07, 6.45) is 0. The molecule has 11 heteroatoms. The maximum absolute atomic E-state index is 9.90. The van der Waals surface area contributed by atoms with Gasteiger partial charge in [-0.05, 0) is 29.8 Å². The lowest BCUT2D eigenvalue weighted by Gasteiger charge is -2.03. The molecular formula is C7H12N3O7P. The Kier molecular flexibility index (Phi) is 6.68. The van der Waals surface area contributed by atoms with Gasteiger partial charge < -0.3 is 19.4 Å². The predicted molar refractivity (Wildman–Crippen MR) is 61.0 cm³/mol. The summed E-state index contributed by atoms with van der Waals surface area (Å²) in [5.74, 6) is 0.701. The highest BCUT2D eigenvalue weighted by molar-refractivity contribution is 7.45. The lowest BCUT2D eigenvalue weighted by Crippen LogP contribution is -2.27. The van der Waals surface area contributed by atoms with Crippen molar-refractivity contribution in [1.29, 1.82) is 0 Å². The first-order chi connectivity index (χ1) is 8.22. The van der Waals surface area contributed by atoms with Crippen LogP contribution in [0.1, 0.15) is 0 Å². The molecule has 0 aliphatic carbocycles. The average molecular weight is 281 g/mol. The molecule has 1 rings (SSSR count). The van der Waals surface area contributed by atoms with E-state index in [9.17, 15) is 10.1 Å². The minimum absolute atomic E-state index is 0.595. The van der Waals surface area contributed by atoms with Gasteiger partial charge in [-0.25, -0.2) is 20.1 Å². The van der Waals surface area contributed by atoms with Crippen molar-refractivity contribution in [3.8, 4) is 5.75 Å². The van der Waals surface area contributed by atoms with E-state index in [0.29, 0.717) is 11.4 Å². The van der Waals surface area contributed by atoms with E-state index in [-0.39, 0.29) is 0 Å². The molecule has 0 spiro atoms. The number of phosphoric acid groups is 1. The predicted octanol–water partition coefficient (Wildman–Crippen LogP) is -0.125. The van der Waals surface area contributed by atoms with E-state index < -0.39 is 12.9 Å². The van der Waals surface area contributed by atoms with Gasteiger partial charge >= 0.3 is 7.82 Å². The van der Waals surface area contributed by atoms with Crippen LogP contribution in [0.25, 0.3) is 0 Å². The van der Waals surface area contributed by atoms with E-state index in [1.54, 1.807) is 31.4 Å². The SMILES string of the molecule is COc1ccc(NN[N+](=O)[O-])cc1.O=P(O)(O)O. The van der Waals surface area contributed by atoms with Gasteiger partial charge in [0.1, 0.15) is 5.75 Å². The highest BCUT2D eigenvalue weighted by Crippen LogP contribution is 2.25. The number of anilines is 1. The average Bonchev–Trinajstić information content (AvgIpc) is 2.25. The number of benzene rings is 1. The smallest absolute Gasteiger partial charge is 0.466 e. The number of methoxy groups -OCH3 is 1. The molecule has 0 aromatic heterocycles. The molecule has 18 heavy (non-hydrogen) atoms. The first kappa shape index (κ1) is 16.1. The third-order valence-electron chi connectivity index (χ3n) is 1.38. The van der Waals surface area contributed by atoms with E-state index in [1.807, 2.05) is 5.53 Å². The summed E-state index contributed by atoms with van der Waals surface area (Å²) in [4.78, 5) is 31.5. The second-order valence-electron chi connectivity index (χ2n) is 2.74. The van der Waals surface area contributed by atoms with Crippen LogP contribution in [0.4, 0.5) is 5.69 Å². The van der Waals surface area contributed by atoms with Gasteiger partial charge in [0.2, 0.25) is 0 Å². The van der Waals surface area contributed by atoms with Crippen LogP contribution in [-0.4, -0.2) is 26.8 Å². The molecule has 0 fully saturated rings. The summed E-state index contributed by atoms with van der Waals surface area (Å²) in [6.45, 7) is 0. The molecule has 0 aliphatic heterocycles. The van der Waals surface area contributed by atoms with Gasteiger partial charge in [0.05, 0.1) is 12.8 Å². The molecule has 0 radical (unpaired) electrons. The Morgan fingerprint density at radius 2 is 1.72 bits per heavy atom. The maximum atomic E-state index is 9.90. The maximum Gasteiger partial charge on any atom is 0.466 e. The van der Waals surface area contributed by atoms with E-state index in [0.717, 1.165) is 0 Å². The van der Waals surface area contributed by atoms with E-state index in [4.69, 9.17) is 24.0 Å². The Hall–Kier alpha value is -1.87. The number of hydrogen-bond donors (Lipinski definition) is 5. The lowest BCUT2D eigenvalue weighted by atomic mass is 10.3. The molecule has 1 aromatic carbocycles. The fraction of sp³-hybridized carbons (Fsp3) is 0.143. The van der Waals surface area contributed by atoms with Crippen molar-refractivity contribution in [3.05, 3.63) is 34.4 Å². The molecule has 0 saturated carbocycles. The number of rotatable bonds is 4. The highest BCUT2D eigenvalue weighted by Gasteiger charge is 2.00. The van der Waals surface area contributed by atoms with Gasteiger partial charge in [-0.1, -0.05) is 0 Å². The third-order valence-corrected chi connectivity index (χ3v) is 1.38. The Morgan fingerprint density at radius 3 is 2.06 bits per heavy atom. The molecule has 0 heterocycles. The normalized spacial score (nSPS) is 9.78. The van der Waals surface area contributed by atoms with Gasteiger partial charge in [0.25, 0.3) is 0 Å². The molecule has 10 nitrogen and oxygen atoms in total. The van der Waals surface area contributed by atoms with Crippen molar-refractivity contribution in [2.24, 2.45) is 0 Å². The van der Waals surface area contributed by atoms with E-state index >= 15 is 0 Å². The fourth-order valence-corrected chi connectivity index (χ4v) is 0.785. The molecule has 5 N–H and O–H groups in total. The van der Waals surface area contributed by atoms with E-state index in [2.05, 4.69) is 5.43 Å². The Bertz CT molecular complexity index is 409. The highest BCUT2D eigenvalue weighted by atomic mass is 31.2. The first-order valence-electron chi connectivity index (χ1n) is 4.31. The van der Waals surface area contributed by atoms with Crippen molar-refractivity contribution < 1.29 is 29.0 Å². The number of hydrogen-bond acceptors (Lipinski definition) is 5. The third kappa shape index (κ3) is 10.6. The molecule has 0 amide bonds. The molecule has 1 aromatic rings. The Morgan fingerprint density at radius 1 is 1.28 bits per heavy atom. The fourth-order valence-electron chi connectivity index (χ4n) is 0.785. The first-order valence-corrected chi connectivity index (χ1v) is 5.87. The standard InChI is InChI=1S/C7H9N3O3.H3O4P/c1-13-7-4-2-6(3-5-7)8-9-10(11)12;1-5(2,3)4/h2-5,8-9H,1H3;(H3,1,2,3,4). The van der Waals surface area contributed by atoms with Crippen LogP contribution in [0.15, 0.2) is 24.3 Å². The van der Waals surface area contributed by atoms with Crippen LogP contribution < -0.4 is 15.7 Å². The second kappa shape index (κ2) is 7.45. The van der Waals surface area contributed by atoms with Gasteiger partial charge in [0, 0.05) is 0 Å². The van der Waals surface area contributed by atoms with Gasteiger partial charge in [-0.2, -0.15) is 0 Å². The largest absolute Gasteiger partial charge is 0.497 e. The quantitative estimate of drug-likeness (QED) is 0.288. The minimum atomic E-state index is -4.64. The molecular weight excluding hydrogens is 269 g/mol. The van der Waals surface area contributed by atoms with Crippen molar-refractivity contribution >= 4 is 13.5 Å². The van der Waals surface area contributed by atoms with Crippen LogP contribution in [-0.2, 0) is 4.57 Å². The number of ether oxygens (including phenoxy) is 1. The van der Waals surface area contributed by atoms with Crippen LogP contribution in [0.2, 0.25) is 0 Å². The topological polar surface area (TPSA) is 154 Å². The molecule has 0 saturated heterocycles. The zero-order valence-corrected chi connectivity index (χ0v) is 10.1. The Labute approximate surface area is 102 Å². The van der Waals surface area contributed by atoms with Crippen molar-refractivity contribution in [3.63, 3.8) is 0 Å². The Balaban J connectivity index is 0.000000494. The van der Waals surface area contributed by atoms with Crippen LogP contribution in [0, 0.1) is 10.1 Å². The summed E-state index contributed by atoms with van der Waals surface area (Å²) >= 11 is 0. The number of nitrogens with zero attached hydrogens (tertiary/aromatic N) is 1. The van der Waals surface area contributed by atoms with Crippen LogP contribution in [0.3, 0.4) is 0 Å². The molecule has 0 aliphatic rings. The van der Waals surface area contributed by atoms with E-state index in [1.165, 1.54) is 0 Å². The molecule has 0 bridgehead atoms.